The molecule has 3 aromatic rings. The van der Waals surface area contributed by atoms with Crippen LogP contribution in [0.2, 0.25) is 0 Å². The van der Waals surface area contributed by atoms with Gasteiger partial charge in [-0.2, -0.15) is 0 Å². The third kappa shape index (κ3) is 7.23. The molecule has 3 heterocycles. The van der Waals surface area contributed by atoms with Gasteiger partial charge in [-0.15, -0.1) is 0 Å². The second-order valence-electron chi connectivity index (χ2n) is 10.6. The minimum absolute atomic E-state index is 0.0179. The molecule has 0 unspecified atom stereocenters. The first-order valence-electron chi connectivity index (χ1n) is 14.4. The molecule has 3 amide bonds. The van der Waals surface area contributed by atoms with Gasteiger partial charge in [0, 0.05) is 37.4 Å². The number of benzene rings is 2. The quantitative estimate of drug-likeness (QED) is 0.339. The molecule has 43 heavy (non-hydrogen) atoms. The van der Waals surface area contributed by atoms with Crippen LogP contribution in [0.3, 0.4) is 0 Å². The van der Waals surface area contributed by atoms with Crippen molar-refractivity contribution in [3.05, 3.63) is 83.6 Å². The Kier molecular flexibility index (Phi) is 9.41. The van der Waals surface area contributed by atoms with E-state index in [0.717, 1.165) is 49.3 Å². The Bertz CT molecular complexity index is 1430. The SMILES string of the molecule is CCOC(=O)N1C[C@@H](c2ccccc2)N(C2CCN(Cc3ccc(Oc4ccc(OCC(=O)O)cc4)nc3C)CC2)C1=O. The lowest BCUT2D eigenvalue weighted by Gasteiger charge is -2.39. The summed E-state index contributed by atoms with van der Waals surface area (Å²) < 4.78 is 16.2. The number of piperidine rings is 1. The summed E-state index contributed by atoms with van der Waals surface area (Å²) in [4.78, 5) is 46.8. The summed E-state index contributed by atoms with van der Waals surface area (Å²) in [7, 11) is 0. The van der Waals surface area contributed by atoms with Crippen LogP contribution in [-0.2, 0) is 16.1 Å². The number of pyridine rings is 1. The molecule has 0 spiro atoms. The van der Waals surface area contributed by atoms with Crippen LogP contribution in [-0.4, -0.2) is 81.8 Å². The molecule has 226 valence electrons. The van der Waals surface area contributed by atoms with Crippen molar-refractivity contribution in [2.24, 2.45) is 0 Å². The summed E-state index contributed by atoms with van der Waals surface area (Å²) in [6, 6.07) is 19.9. The number of urea groups is 1. The lowest BCUT2D eigenvalue weighted by molar-refractivity contribution is -0.139. The predicted octanol–water partition coefficient (Wildman–Crippen LogP) is 5.25. The molecule has 1 aromatic heterocycles. The van der Waals surface area contributed by atoms with E-state index in [2.05, 4.69) is 9.88 Å². The first-order chi connectivity index (χ1) is 20.8. The highest BCUT2D eigenvalue weighted by Gasteiger charge is 2.45. The first kappa shape index (κ1) is 29.8. The summed E-state index contributed by atoms with van der Waals surface area (Å²) in [5.41, 5.74) is 2.97. The summed E-state index contributed by atoms with van der Waals surface area (Å²) >= 11 is 0. The van der Waals surface area contributed by atoms with Crippen LogP contribution in [0.25, 0.3) is 0 Å². The number of ether oxygens (including phenoxy) is 3. The molecule has 2 aliphatic heterocycles. The number of hydrogen-bond donors (Lipinski definition) is 1. The number of hydrogen-bond acceptors (Lipinski definition) is 8. The summed E-state index contributed by atoms with van der Waals surface area (Å²) in [6.07, 6.45) is 1.00. The molecule has 11 heteroatoms. The predicted molar refractivity (Wildman–Crippen MR) is 157 cm³/mol. The fourth-order valence-electron chi connectivity index (χ4n) is 5.57. The number of aryl methyl sites for hydroxylation is 1. The average Bonchev–Trinajstić information content (AvgIpc) is 3.36. The minimum atomic E-state index is -1.04. The van der Waals surface area contributed by atoms with Gasteiger partial charge >= 0.3 is 18.1 Å². The van der Waals surface area contributed by atoms with Gasteiger partial charge in [-0.3, -0.25) is 4.90 Å². The van der Waals surface area contributed by atoms with Crippen molar-refractivity contribution in [1.82, 2.24) is 19.7 Å². The van der Waals surface area contributed by atoms with E-state index < -0.39 is 18.7 Å². The number of imide groups is 1. The largest absolute Gasteiger partial charge is 0.482 e. The Labute approximate surface area is 250 Å². The lowest BCUT2D eigenvalue weighted by Crippen LogP contribution is -2.47. The van der Waals surface area contributed by atoms with Crippen LogP contribution >= 0.6 is 0 Å². The first-order valence-corrected chi connectivity index (χ1v) is 14.4. The number of rotatable bonds is 10. The zero-order valence-corrected chi connectivity index (χ0v) is 24.3. The zero-order valence-electron chi connectivity index (χ0n) is 24.3. The molecule has 1 N–H and O–H groups in total. The van der Waals surface area contributed by atoms with E-state index in [4.69, 9.17) is 19.3 Å². The molecule has 0 aliphatic carbocycles. The van der Waals surface area contributed by atoms with Crippen molar-refractivity contribution in [3.8, 4) is 17.4 Å². The van der Waals surface area contributed by atoms with E-state index in [-0.39, 0.29) is 31.3 Å². The van der Waals surface area contributed by atoms with Gasteiger partial charge in [0.1, 0.15) is 11.5 Å². The van der Waals surface area contributed by atoms with Gasteiger partial charge in [0.05, 0.1) is 19.2 Å². The third-order valence-electron chi connectivity index (χ3n) is 7.74. The van der Waals surface area contributed by atoms with Gasteiger partial charge in [0.25, 0.3) is 0 Å². The van der Waals surface area contributed by atoms with Gasteiger partial charge in [-0.1, -0.05) is 36.4 Å². The van der Waals surface area contributed by atoms with Gasteiger partial charge in [0.2, 0.25) is 5.88 Å². The average molecular weight is 589 g/mol. The van der Waals surface area contributed by atoms with E-state index in [1.165, 1.54) is 4.90 Å². The number of carboxylic acids is 1. The zero-order chi connectivity index (χ0) is 30.3. The van der Waals surface area contributed by atoms with Gasteiger partial charge in [0.15, 0.2) is 6.61 Å². The van der Waals surface area contributed by atoms with Crippen molar-refractivity contribution in [1.29, 1.82) is 0 Å². The number of aromatic nitrogens is 1. The normalized spacial score (nSPS) is 17.6. The number of carbonyl (C=O) groups excluding carboxylic acids is 2. The fraction of sp³-hybridized carbons (Fsp3) is 0.375. The van der Waals surface area contributed by atoms with Crippen molar-refractivity contribution in [2.45, 2.75) is 45.3 Å². The highest BCUT2D eigenvalue weighted by molar-refractivity contribution is 5.93. The van der Waals surface area contributed by atoms with Gasteiger partial charge in [-0.05, 0) is 62.1 Å². The lowest BCUT2D eigenvalue weighted by atomic mass is 9.98. The highest BCUT2D eigenvalue weighted by Crippen LogP contribution is 2.35. The summed E-state index contributed by atoms with van der Waals surface area (Å²) in [5.74, 6) is 0.435. The Morgan fingerprint density at radius 3 is 2.33 bits per heavy atom. The molecule has 0 radical (unpaired) electrons. The second-order valence-corrected chi connectivity index (χ2v) is 10.6. The molecular formula is C32H36N4O7. The number of aliphatic carboxylic acids is 1. The molecule has 0 saturated carbocycles. The maximum absolute atomic E-state index is 13.4. The number of nitrogens with zero attached hydrogens (tertiary/aromatic N) is 4. The Morgan fingerprint density at radius 2 is 1.67 bits per heavy atom. The molecule has 2 fully saturated rings. The molecule has 11 nitrogen and oxygen atoms in total. The van der Waals surface area contributed by atoms with Gasteiger partial charge < -0.3 is 24.2 Å². The Morgan fingerprint density at radius 1 is 0.977 bits per heavy atom. The smallest absolute Gasteiger partial charge is 0.418 e. The highest BCUT2D eigenvalue weighted by atomic mass is 16.6. The van der Waals surface area contributed by atoms with Crippen molar-refractivity contribution < 1.29 is 33.7 Å². The molecule has 2 saturated heterocycles. The second kappa shape index (κ2) is 13.6. The molecule has 1 atom stereocenters. The molecule has 5 rings (SSSR count). The maximum Gasteiger partial charge on any atom is 0.418 e. The molecular weight excluding hydrogens is 552 g/mol. The van der Waals surface area contributed by atoms with Crippen LogP contribution in [0.5, 0.6) is 17.4 Å². The monoisotopic (exact) mass is 588 g/mol. The Hall–Kier alpha value is -4.64. The van der Waals surface area contributed by atoms with E-state index in [1.807, 2.05) is 54.3 Å². The van der Waals surface area contributed by atoms with E-state index in [9.17, 15) is 14.4 Å². The van der Waals surface area contributed by atoms with E-state index in [0.29, 0.717) is 17.4 Å². The fourth-order valence-corrected chi connectivity index (χ4v) is 5.57. The standard InChI is InChI=1S/C32H36N4O7/c1-3-41-32(40)35-20-28(23-7-5-4-6-8-23)36(31(35)39)25-15-17-34(18-16-25)19-24-9-14-29(33-22(24)2)43-27-12-10-26(11-13-27)42-21-30(37)38/h4-14,25,28H,3,15-21H2,1-2H3,(H,37,38)/t28-/m0/s1. The number of amides is 3. The molecule has 2 aromatic carbocycles. The van der Waals surface area contributed by atoms with E-state index in [1.54, 1.807) is 31.2 Å². The maximum atomic E-state index is 13.4. The number of likely N-dealkylation sites (tertiary alicyclic amines) is 1. The van der Waals surface area contributed by atoms with Crippen LogP contribution in [0, 0.1) is 6.92 Å². The number of carbonyl (C=O) groups is 3. The molecule has 0 bridgehead atoms. The third-order valence-corrected chi connectivity index (χ3v) is 7.74. The summed E-state index contributed by atoms with van der Waals surface area (Å²) in [5, 5.41) is 8.74. The van der Waals surface area contributed by atoms with Crippen LogP contribution < -0.4 is 9.47 Å². The Balaban J connectivity index is 1.18. The summed E-state index contributed by atoms with van der Waals surface area (Å²) in [6.45, 7) is 6.13. The topological polar surface area (TPSA) is 122 Å². The van der Waals surface area contributed by atoms with Crippen LogP contribution in [0.1, 0.15) is 42.6 Å². The van der Waals surface area contributed by atoms with Crippen molar-refractivity contribution >= 4 is 18.1 Å². The van der Waals surface area contributed by atoms with E-state index >= 15 is 0 Å². The van der Waals surface area contributed by atoms with Crippen molar-refractivity contribution in [3.63, 3.8) is 0 Å². The van der Waals surface area contributed by atoms with Crippen LogP contribution in [0.4, 0.5) is 9.59 Å². The van der Waals surface area contributed by atoms with Crippen LogP contribution in [0.15, 0.2) is 66.7 Å². The minimum Gasteiger partial charge on any atom is -0.482 e. The molecule has 2 aliphatic rings. The van der Waals surface area contributed by atoms with Crippen molar-refractivity contribution in [2.75, 3.05) is 32.8 Å². The number of carboxylic acid groups (broad SMARTS) is 1. The van der Waals surface area contributed by atoms with Gasteiger partial charge in [-0.25, -0.2) is 24.3 Å².